The second-order valence-electron chi connectivity index (χ2n) is 10.8. The first kappa shape index (κ1) is 29.1. The number of hydrogen-bond donors (Lipinski definition) is 3. The van der Waals surface area contributed by atoms with Crippen molar-refractivity contribution >= 4 is 29.1 Å². The Labute approximate surface area is 245 Å². The van der Waals surface area contributed by atoms with E-state index in [0.717, 1.165) is 18.4 Å². The summed E-state index contributed by atoms with van der Waals surface area (Å²) < 4.78 is 5.56. The molecule has 1 fully saturated rings. The molecule has 1 saturated heterocycles. The lowest BCUT2D eigenvalue weighted by Crippen LogP contribution is -2.48. The smallest absolute Gasteiger partial charge is 0.253 e. The number of amides is 2. The molecule has 3 aromatic carbocycles. The summed E-state index contributed by atoms with van der Waals surface area (Å²) in [4.78, 5) is 29.6. The highest BCUT2D eigenvalue weighted by Gasteiger charge is 2.43. The fourth-order valence-electron chi connectivity index (χ4n) is 6.25. The van der Waals surface area contributed by atoms with Crippen LogP contribution in [0.25, 0.3) is 11.1 Å². The number of halogens is 1. The molecule has 0 radical (unpaired) electrons. The summed E-state index contributed by atoms with van der Waals surface area (Å²) in [6.07, 6.45) is 2.27. The van der Waals surface area contributed by atoms with Crippen molar-refractivity contribution < 1.29 is 24.5 Å². The molecule has 0 saturated carbocycles. The topological polar surface area (TPSA) is 116 Å². The van der Waals surface area contributed by atoms with E-state index in [0.29, 0.717) is 77.7 Å². The number of benzene rings is 3. The Bertz CT molecular complexity index is 1430. The van der Waals surface area contributed by atoms with Crippen molar-refractivity contribution in [1.82, 2.24) is 4.90 Å². The third kappa shape index (κ3) is 5.70. The van der Waals surface area contributed by atoms with Crippen LogP contribution in [0.5, 0.6) is 5.75 Å². The fraction of sp³-hybridized carbons (Fsp3) is 0.375. The van der Waals surface area contributed by atoms with Gasteiger partial charge in [-0.25, -0.2) is 0 Å². The van der Waals surface area contributed by atoms with Crippen LogP contribution in [0.1, 0.15) is 47.2 Å². The molecule has 8 nitrogen and oxygen atoms in total. The second kappa shape index (κ2) is 12.2. The first-order valence-corrected chi connectivity index (χ1v) is 14.4. The number of rotatable bonds is 5. The molecule has 1 unspecified atom stereocenters. The number of carbonyl (C=O) groups excluding carboxylic acids is 2. The normalized spacial score (nSPS) is 20.8. The number of nitrogens with two attached hydrogens (primary N) is 1. The zero-order valence-electron chi connectivity index (χ0n) is 23.2. The molecule has 5 rings (SSSR count). The number of anilines is 1. The van der Waals surface area contributed by atoms with Crippen LogP contribution >= 0.6 is 11.6 Å². The molecule has 0 aromatic heterocycles. The lowest BCUT2D eigenvalue weighted by molar-refractivity contribution is -0.121. The molecule has 2 atom stereocenters. The molecule has 9 heteroatoms. The van der Waals surface area contributed by atoms with Gasteiger partial charge in [-0.1, -0.05) is 35.9 Å². The van der Waals surface area contributed by atoms with Gasteiger partial charge in [0.15, 0.2) is 0 Å². The highest BCUT2D eigenvalue weighted by atomic mass is 35.5. The molecule has 2 bridgehead atoms. The third-order valence-electron chi connectivity index (χ3n) is 8.40. The zero-order chi connectivity index (χ0) is 29.1. The highest BCUT2D eigenvalue weighted by Crippen LogP contribution is 2.47. The lowest BCUT2D eigenvalue weighted by atomic mass is 9.72. The Morgan fingerprint density at radius 2 is 1.88 bits per heavy atom. The first-order chi connectivity index (χ1) is 19.8. The Kier molecular flexibility index (Phi) is 8.66. The van der Waals surface area contributed by atoms with Gasteiger partial charge < -0.3 is 30.5 Å². The molecule has 216 valence electrons. The lowest BCUT2D eigenvalue weighted by Gasteiger charge is -2.44. The number of ether oxygens (including phenoxy) is 1. The number of carbonyl (C=O) groups is 2. The number of hydrogen-bond acceptors (Lipinski definition) is 6. The SMILES string of the molecule is COc1cc2cc(c1)N(C(=O)CO)CCCC(O)([C@@H]1CCCN(C(=O)c3ccc(CN)cc3)C1)c1cccc(Cl)c1-2. The molecule has 0 aliphatic carbocycles. The molecule has 2 aliphatic rings. The van der Waals surface area contributed by atoms with Crippen molar-refractivity contribution in [3.63, 3.8) is 0 Å². The molecule has 41 heavy (non-hydrogen) atoms. The van der Waals surface area contributed by atoms with E-state index in [1.54, 1.807) is 31.4 Å². The standard InChI is InChI=1S/C32H36ClN3O5/c1-41-26-16-23-15-25(17-26)36(29(38)20-37)14-4-12-32(40,27-6-2-7-28(33)30(23)27)24-5-3-13-35(19-24)31(39)22-10-8-21(18-34)9-11-22/h2,6-11,15-17,24,37,40H,3-5,12-14,18-20,34H2,1H3/t24-,32?/m1/s1. The van der Waals surface area contributed by atoms with Gasteiger partial charge in [0.2, 0.25) is 0 Å². The van der Waals surface area contributed by atoms with Crippen LogP contribution in [0.2, 0.25) is 5.02 Å². The number of fused-ring (bicyclic) bond motifs is 4. The van der Waals surface area contributed by atoms with E-state index < -0.39 is 18.1 Å². The molecule has 0 spiro atoms. The Balaban J connectivity index is 1.57. The van der Waals surface area contributed by atoms with Crippen LogP contribution in [0.15, 0.2) is 60.7 Å². The van der Waals surface area contributed by atoms with Gasteiger partial charge >= 0.3 is 0 Å². The zero-order valence-corrected chi connectivity index (χ0v) is 23.9. The maximum absolute atomic E-state index is 13.5. The summed E-state index contributed by atoms with van der Waals surface area (Å²) in [7, 11) is 1.55. The summed E-state index contributed by atoms with van der Waals surface area (Å²) in [6.45, 7) is 1.05. The van der Waals surface area contributed by atoms with Gasteiger partial charge in [0.05, 0.1) is 12.7 Å². The van der Waals surface area contributed by atoms with E-state index in [1.807, 2.05) is 41.3 Å². The Morgan fingerprint density at radius 1 is 1.10 bits per heavy atom. The summed E-state index contributed by atoms with van der Waals surface area (Å²) in [5.74, 6) is -0.265. The van der Waals surface area contributed by atoms with Gasteiger partial charge in [-0.15, -0.1) is 0 Å². The van der Waals surface area contributed by atoms with Gasteiger partial charge in [-0.05, 0) is 72.7 Å². The first-order valence-electron chi connectivity index (χ1n) is 14.0. The number of aliphatic hydroxyl groups is 2. The molecule has 2 heterocycles. The van der Waals surface area contributed by atoms with E-state index >= 15 is 0 Å². The van der Waals surface area contributed by atoms with Crippen molar-refractivity contribution in [1.29, 1.82) is 0 Å². The summed E-state index contributed by atoms with van der Waals surface area (Å²) >= 11 is 6.84. The van der Waals surface area contributed by atoms with Crippen molar-refractivity contribution in [3.8, 4) is 16.9 Å². The van der Waals surface area contributed by atoms with Gasteiger partial charge in [0.1, 0.15) is 12.4 Å². The minimum atomic E-state index is -1.34. The van der Waals surface area contributed by atoms with Crippen LogP contribution in [0, 0.1) is 5.92 Å². The summed E-state index contributed by atoms with van der Waals surface area (Å²) in [5.41, 5.74) is 8.57. The van der Waals surface area contributed by atoms with E-state index in [4.69, 9.17) is 22.1 Å². The predicted molar refractivity (Wildman–Crippen MR) is 159 cm³/mol. The minimum absolute atomic E-state index is 0.0785. The largest absolute Gasteiger partial charge is 0.497 e. The Hall–Kier alpha value is -3.43. The molecular formula is C32H36ClN3O5. The van der Waals surface area contributed by atoms with E-state index in [-0.39, 0.29) is 11.8 Å². The monoisotopic (exact) mass is 577 g/mol. The minimum Gasteiger partial charge on any atom is -0.497 e. The number of aliphatic hydroxyl groups excluding tert-OH is 1. The quantitative estimate of drug-likeness (QED) is 0.416. The van der Waals surface area contributed by atoms with E-state index in [2.05, 4.69) is 0 Å². The van der Waals surface area contributed by atoms with Crippen molar-refractivity contribution in [2.45, 2.75) is 37.8 Å². The van der Waals surface area contributed by atoms with E-state index in [1.165, 1.54) is 4.90 Å². The average molecular weight is 578 g/mol. The Morgan fingerprint density at radius 3 is 2.59 bits per heavy atom. The van der Waals surface area contributed by atoms with Crippen LogP contribution in [0.3, 0.4) is 0 Å². The maximum Gasteiger partial charge on any atom is 0.253 e. The van der Waals surface area contributed by atoms with Crippen molar-refractivity contribution in [2.75, 3.05) is 38.3 Å². The van der Waals surface area contributed by atoms with Crippen LogP contribution in [-0.4, -0.2) is 60.3 Å². The van der Waals surface area contributed by atoms with Crippen LogP contribution in [-0.2, 0) is 16.9 Å². The number of likely N-dealkylation sites (tertiary alicyclic amines) is 1. The maximum atomic E-state index is 13.5. The van der Waals surface area contributed by atoms with Crippen molar-refractivity contribution in [3.05, 3.63) is 82.4 Å². The fourth-order valence-corrected chi connectivity index (χ4v) is 6.53. The average Bonchev–Trinajstić information content (AvgIpc) is 3.01. The number of piperidine rings is 1. The highest BCUT2D eigenvalue weighted by molar-refractivity contribution is 6.33. The second-order valence-corrected chi connectivity index (χ2v) is 11.2. The summed E-state index contributed by atoms with van der Waals surface area (Å²) in [5, 5.41) is 22.8. The van der Waals surface area contributed by atoms with Gasteiger partial charge in [0.25, 0.3) is 11.8 Å². The van der Waals surface area contributed by atoms with Gasteiger partial charge in [-0.3, -0.25) is 9.59 Å². The van der Waals surface area contributed by atoms with Crippen LogP contribution in [0.4, 0.5) is 5.69 Å². The molecule has 2 amide bonds. The molecular weight excluding hydrogens is 542 g/mol. The van der Waals surface area contributed by atoms with Gasteiger partial charge in [0, 0.05) is 60.0 Å². The van der Waals surface area contributed by atoms with Gasteiger partial charge in [-0.2, -0.15) is 0 Å². The molecule has 2 aliphatic heterocycles. The van der Waals surface area contributed by atoms with Crippen molar-refractivity contribution in [2.24, 2.45) is 11.7 Å². The number of methoxy groups -OCH3 is 1. The number of nitrogens with zero attached hydrogens (tertiary/aromatic N) is 2. The van der Waals surface area contributed by atoms with E-state index in [9.17, 15) is 19.8 Å². The summed E-state index contributed by atoms with van der Waals surface area (Å²) in [6, 6.07) is 18.3. The molecule has 3 aromatic rings. The van der Waals surface area contributed by atoms with Crippen LogP contribution < -0.4 is 15.4 Å². The third-order valence-corrected chi connectivity index (χ3v) is 8.72. The molecule has 4 N–H and O–H groups in total. The predicted octanol–water partition coefficient (Wildman–Crippen LogP) is 4.33.